The van der Waals surface area contributed by atoms with Gasteiger partial charge in [-0.25, -0.2) is 4.68 Å². The van der Waals surface area contributed by atoms with Gasteiger partial charge in [0.15, 0.2) is 0 Å². The molecule has 2 aromatic carbocycles. The van der Waals surface area contributed by atoms with Crippen LogP contribution in [-0.4, -0.2) is 35.3 Å². The summed E-state index contributed by atoms with van der Waals surface area (Å²) in [5, 5.41) is 7.71. The number of carbonyl (C=O) groups is 2. The van der Waals surface area contributed by atoms with E-state index < -0.39 is 0 Å². The third-order valence-corrected chi connectivity index (χ3v) is 4.95. The van der Waals surface area contributed by atoms with Crippen molar-refractivity contribution in [3.8, 4) is 16.9 Å². The molecule has 0 atom stereocenters. The van der Waals surface area contributed by atoms with E-state index in [-0.39, 0.29) is 11.9 Å². The minimum atomic E-state index is -0.199. The summed E-state index contributed by atoms with van der Waals surface area (Å²) in [6.45, 7) is 2.56. The molecule has 0 aliphatic rings. The van der Waals surface area contributed by atoms with Gasteiger partial charge >= 0.3 is 5.97 Å². The zero-order valence-electron chi connectivity index (χ0n) is 17.4. The molecule has 1 aromatic heterocycles. The fraction of sp³-hybridized carbons (Fsp3) is 0.292. The number of aromatic nitrogens is 2. The fourth-order valence-electron chi connectivity index (χ4n) is 3.26. The molecule has 1 heterocycles. The lowest BCUT2D eigenvalue weighted by atomic mass is 10.0. The number of rotatable bonds is 9. The van der Waals surface area contributed by atoms with Gasteiger partial charge in [-0.1, -0.05) is 48.9 Å². The molecule has 0 unspecified atom stereocenters. The number of hydrogen-bond donors (Lipinski definition) is 1. The molecule has 0 saturated heterocycles. The Morgan fingerprint density at radius 3 is 2.47 bits per heavy atom. The number of aryl methyl sites for hydroxylation is 1. The van der Waals surface area contributed by atoms with Gasteiger partial charge in [0.2, 0.25) is 0 Å². The normalized spacial score (nSPS) is 10.6. The predicted molar refractivity (Wildman–Crippen MR) is 117 cm³/mol. The van der Waals surface area contributed by atoms with Gasteiger partial charge in [-0.2, -0.15) is 5.10 Å². The Hall–Kier alpha value is -3.41. The maximum Gasteiger partial charge on any atom is 0.305 e. The number of methoxy groups -OCH3 is 1. The summed E-state index contributed by atoms with van der Waals surface area (Å²) >= 11 is 0. The molecule has 1 amide bonds. The molecule has 6 heteroatoms. The summed E-state index contributed by atoms with van der Waals surface area (Å²) in [7, 11) is 1.39. The molecule has 0 radical (unpaired) electrons. The Morgan fingerprint density at radius 2 is 1.73 bits per heavy atom. The highest BCUT2D eigenvalue weighted by Crippen LogP contribution is 2.26. The third-order valence-electron chi connectivity index (χ3n) is 4.95. The van der Waals surface area contributed by atoms with Gasteiger partial charge in [0, 0.05) is 24.7 Å². The van der Waals surface area contributed by atoms with Gasteiger partial charge in [0.05, 0.1) is 18.4 Å². The molecule has 0 aliphatic heterocycles. The van der Waals surface area contributed by atoms with E-state index in [9.17, 15) is 9.59 Å². The van der Waals surface area contributed by atoms with Gasteiger partial charge in [-0.15, -0.1) is 0 Å². The summed E-state index contributed by atoms with van der Waals surface area (Å²) in [6, 6.07) is 17.7. The number of ether oxygens (including phenoxy) is 1. The van der Waals surface area contributed by atoms with Crippen LogP contribution in [0.1, 0.15) is 41.6 Å². The Kier molecular flexibility index (Phi) is 7.38. The Labute approximate surface area is 176 Å². The molecule has 0 fully saturated rings. The largest absolute Gasteiger partial charge is 0.469 e. The summed E-state index contributed by atoms with van der Waals surface area (Å²) in [5.74, 6) is -0.348. The van der Waals surface area contributed by atoms with Crippen LogP contribution >= 0.6 is 0 Å². The Bertz CT molecular complexity index is 996. The highest BCUT2D eigenvalue weighted by atomic mass is 16.5. The number of unbranched alkanes of at least 4 members (excludes halogenated alkanes) is 2. The first-order valence-corrected chi connectivity index (χ1v) is 10.2. The maximum absolute atomic E-state index is 12.9. The number of esters is 1. The minimum Gasteiger partial charge on any atom is -0.469 e. The van der Waals surface area contributed by atoms with E-state index in [1.54, 1.807) is 10.9 Å². The van der Waals surface area contributed by atoms with Crippen molar-refractivity contribution in [1.82, 2.24) is 15.1 Å². The molecule has 3 rings (SSSR count). The second-order valence-corrected chi connectivity index (χ2v) is 7.13. The van der Waals surface area contributed by atoms with Crippen molar-refractivity contribution in [2.24, 2.45) is 0 Å². The van der Waals surface area contributed by atoms with E-state index in [1.165, 1.54) is 7.11 Å². The number of benzene rings is 2. The number of para-hydroxylation sites is 1. The topological polar surface area (TPSA) is 73.2 Å². The van der Waals surface area contributed by atoms with Gasteiger partial charge in [0.25, 0.3) is 5.91 Å². The zero-order valence-corrected chi connectivity index (χ0v) is 17.4. The monoisotopic (exact) mass is 405 g/mol. The molecule has 30 heavy (non-hydrogen) atoms. The van der Waals surface area contributed by atoms with Crippen LogP contribution in [0, 0.1) is 6.92 Å². The molecule has 6 nitrogen and oxygen atoms in total. The van der Waals surface area contributed by atoms with Gasteiger partial charge in [-0.3, -0.25) is 9.59 Å². The fourth-order valence-corrected chi connectivity index (χ4v) is 3.26. The molecule has 1 N–H and O–H groups in total. The summed E-state index contributed by atoms with van der Waals surface area (Å²) in [4.78, 5) is 24.1. The number of amides is 1. The first-order chi connectivity index (χ1) is 14.6. The van der Waals surface area contributed by atoms with E-state index in [2.05, 4.69) is 10.1 Å². The number of hydrogen-bond acceptors (Lipinski definition) is 4. The Morgan fingerprint density at radius 1 is 1.00 bits per heavy atom. The molecule has 156 valence electrons. The Balaban J connectivity index is 1.74. The van der Waals surface area contributed by atoms with Gasteiger partial charge < -0.3 is 10.1 Å². The van der Waals surface area contributed by atoms with Crippen LogP contribution in [0.2, 0.25) is 0 Å². The van der Waals surface area contributed by atoms with E-state index in [1.807, 2.05) is 61.5 Å². The van der Waals surface area contributed by atoms with Gasteiger partial charge in [-0.05, 0) is 37.5 Å². The molecule has 0 aliphatic carbocycles. The lowest BCUT2D eigenvalue weighted by Gasteiger charge is -2.07. The second-order valence-electron chi connectivity index (χ2n) is 7.13. The van der Waals surface area contributed by atoms with E-state index in [0.29, 0.717) is 24.2 Å². The maximum atomic E-state index is 12.9. The lowest BCUT2D eigenvalue weighted by molar-refractivity contribution is -0.140. The molecule has 0 bridgehead atoms. The summed E-state index contributed by atoms with van der Waals surface area (Å²) in [5.41, 5.74) is 4.11. The minimum absolute atomic E-state index is 0.150. The van der Waals surface area contributed by atoms with E-state index >= 15 is 0 Å². The van der Waals surface area contributed by atoms with Crippen LogP contribution < -0.4 is 5.32 Å². The molecule has 3 aromatic rings. The van der Waals surface area contributed by atoms with E-state index in [4.69, 9.17) is 5.10 Å². The summed E-state index contributed by atoms with van der Waals surface area (Å²) < 4.78 is 6.38. The number of carbonyl (C=O) groups excluding carboxylic acids is 2. The summed E-state index contributed by atoms with van der Waals surface area (Å²) in [6.07, 6.45) is 4.59. The van der Waals surface area contributed by atoms with Gasteiger partial charge in [0.1, 0.15) is 5.69 Å². The van der Waals surface area contributed by atoms with Crippen LogP contribution in [0.5, 0.6) is 0 Å². The number of nitrogens with one attached hydrogen (secondary N) is 1. The highest BCUT2D eigenvalue weighted by Gasteiger charge is 2.19. The van der Waals surface area contributed by atoms with Crippen LogP contribution in [0.4, 0.5) is 0 Å². The van der Waals surface area contributed by atoms with Crippen molar-refractivity contribution < 1.29 is 14.3 Å². The van der Waals surface area contributed by atoms with Crippen molar-refractivity contribution in [2.75, 3.05) is 13.7 Å². The lowest BCUT2D eigenvalue weighted by Crippen LogP contribution is -2.24. The van der Waals surface area contributed by atoms with E-state index in [0.717, 1.165) is 36.1 Å². The first-order valence-electron chi connectivity index (χ1n) is 10.2. The molecule has 0 saturated carbocycles. The standard InChI is InChI=1S/C24H27N3O3/c1-18-11-8-9-14-20(18)23-21(17-27(26-23)19-12-5-3-6-13-19)24(29)25-16-10-4-7-15-22(28)30-2/h3,5-6,8-9,11-14,17H,4,7,10,15-16H2,1-2H3,(H,25,29). The van der Waals surface area contributed by atoms with Crippen LogP contribution in [0.25, 0.3) is 16.9 Å². The quantitative estimate of drug-likeness (QED) is 0.425. The first kappa shape index (κ1) is 21.3. The van der Waals surface area contributed by atoms with Crippen LogP contribution in [-0.2, 0) is 9.53 Å². The molecular weight excluding hydrogens is 378 g/mol. The SMILES string of the molecule is COC(=O)CCCCCNC(=O)c1cn(-c2ccccc2)nc1-c1ccccc1C. The van der Waals surface area contributed by atoms with Crippen molar-refractivity contribution in [2.45, 2.75) is 32.6 Å². The third kappa shape index (κ3) is 5.35. The van der Waals surface area contributed by atoms with Crippen molar-refractivity contribution in [3.63, 3.8) is 0 Å². The van der Waals surface area contributed by atoms with Crippen LogP contribution in [0.3, 0.4) is 0 Å². The van der Waals surface area contributed by atoms with Crippen molar-refractivity contribution in [3.05, 3.63) is 71.9 Å². The van der Waals surface area contributed by atoms with Crippen LogP contribution in [0.15, 0.2) is 60.8 Å². The molecule has 0 spiro atoms. The zero-order chi connectivity index (χ0) is 21.3. The second kappa shape index (κ2) is 10.4. The molecular formula is C24H27N3O3. The average Bonchev–Trinajstić information content (AvgIpc) is 3.22. The van der Waals surface area contributed by atoms with Crippen molar-refractivity contribution >= 4 is 11.9 Å². The average molecular weight is 405 g/mol. The highest BCUT2D eigenvalue weighted by molar-refractivity contribution is 6.00. The predicted octanol–water partition coefficient (Wildman–Crippen LogP) is 4.31. The van der Waals surface area contributed by atoms with Crippen molar-refractivity contribution in [1.29, 1.82) is 0 Å². The smallest absolute Gasteiger partial charge is 0.305 e. The number of nitrogens with zero attached hydrogens (tertiary/aromatic N) is 2.